The molecule has 0 aliphatic carbocycles. The van der Waals surface area contributed by atoms with E-state index in [9.17, 15) is 0 Å². The maximum Gasteiger partial charge on any atom is 0.146 e. The topological polar surface area (TPSA) is 53.1 Å². The van der Waals surface area contributed by atoms with Gasteiger partial charge in [-0.25, -0.2) is 15.0 Å². The molecule has 5 nitrogen and oxygen atoms in total. The average Bonchev–Trinajstić information content (AvgIpc) is 2.42. The number of piperidine rings is 1. The lowest BCUT2D eigenvalue weighted by molar-refractivity contribution is 0.135. The molecule has 1 saturated heterocycles. The number of aryl methyl sites for hydroxylation is 1. The average molecular weight is 263 g/mol. The standard InChI is InChI=1S/C14H25N5/c1-5-12-16-13(15-4)9-14(17-12)18-19-10(2)7-6-8-11(19)3/h9-11H,5-8H2,1-4H3,(H2,15,16,17,18). The molecule has 1 aliphatic rings. The van der Waals surface area contributed by atoms with Crippen molar-refractivity contribution in [2.45, 2.75) is 58.5 Å². The molecule has 0 bridgehead atoms. The molecule has 1 fully saturated rings. The molecule has 0 aromatic carbocycles. The summed E-state index contributed by atoms with van der Waals surface area (Å²) >= 11 is 0. The van der Waals surface area contributed by atoms with Gasteiger partial charge in [0.2, 0.25) is 0 Å². The third-order valence-electron chi connectivity index (χ3n) is 3.78. The zero-order valence-corrected chi connectivity index (χ0v) is 12.4. The number of hydrogen-bond acceptors (Lipinski definition) is 5. The van der Waals surface area contributed by atoms with E-state index in [1.54, 1.807) is 0 Å². The first-order valence-electron chi connectivity index (χ1n) is 7.24. The Morgan fingerprint density at radius 1 is 1.21 bits per heavy atom. The second kappa shape index (κ2) is 6.19. The zero-order valence-electron chi connectivity index (χ0n) is 12.4. The fourth-order valence-electron chi connectivity index (χ4n) is 2.61. The summed E-state index contributed by atoms with van der Waals surface area (Å²) in [6.45, 7) is 6.61. The molecule has 0 radical (unpaired) electrons. The van der Waals surface area contributed by atoms with Crippen LogP contribution in [-0.4, -0.2) is 34.1 Å². The van der Waals surface area contributed by atoms with Gasteiger partial charge < -0.3 is 10.7 Å². The molecule has 19 heavy (non-hydrogen) atoms. The Labute approximate surface area is 115 Å². The van der Waals surface area contributed by atoms with E-state index in [0.717, 1.165) is 23.9 Å². The number of anilines is 2. The molecule has 0 spiro atoms. The van der Waals surface area contributed by atoms with Crippen LogP contribution in [0.3, 0.4) is 0 Å². The van der Waals surface area contributed by atoms with Crippen LogP contribution >= 0.6 is 0 Å². The van der Waals surface area contributed by atoms with E-state index in [1.807, 2.05) is 13.1 Å². The molecule has 2 unspecified atom stereocenters. The van der Waals surface area contributed by atoms with Gasteiger partial charge in [-0.3, -0.25) is 0 Å². The molecule has 2 heterocycles. The van der Waals surface area contributed by atoms with Gasteiger partial charge in [-0.2, -0.15) is 0 Å². The predicted octanol–water partition coefficient (Wildman–Crippen LogP) is 2.67. The number of aromatic nitrogens is 2. The number of nitrogens with one attached hydrogen (secondary N) is 2. The normalized spacial score (nSPS) is 24.2. The van der Waals surface area contributed by atoms with Gasteiger partial charge in [-0.15, -0.1) is 0 Å². The summed E-state index contributed by atoms with van der Waals surface area (Å²) in [5.41, 5.74) is 3.47. The van der Waals surface area contributed by atoms with Crippen molar-refractivity contribution in [3.05, 3.63) is 11.9 Å². The van der Waals surface area contributed by atoms with E-state index in [1.165, 1.54) is 19.3 Å². The van der Waals surface area contributed by atoms with Gasteiger partial charge in [0.1, 0.15) is 17.5 Å². The van der Waals surface area contributed by atoms with Gasteiger partial charge in [0.25, 0.3) is 0 Å². The van der Waals surface area contributed by atoms with Crippen LogP contribution < -0.4 is 10.7 Å². The lowest BCUT2D eigenvalue weighted by atomic mass is 10.00. The fourth-order valence-corrected chi connectivity index (χ4v) is 2.61. The van der Waals surface area contributed by atoms with E-state index in [-0.39, 0.29) is 0 Å². The molecular formula is C14H25N5. The van der Waals surface area contributed by atoms with E-state index < -0.39 is 0 Å². The maximum atomic E-state index is 4.56. The monoisotopic (exact) mass is 263 g/mol. The Morgan fingerprint density at radius 2 is 1.84 bits per heavy atom. The van der Waals surface area contributed by atoms with Crippen molar-refractivity contribution in [3.8, 4) is 0 Å². The minimum absolute atomic E-state index is 0.543. The zero-order chi connectivity index (χ0) is 13.8. The summed E-state index contributed by atoms with van der Waals surface area (Å²) in [5.74, 6) is 2.62. The highest BCUT2D eigenvalue weighted by molar-refractivity contribution is 5.46. The Hall–Kier alpha value is -1.36. The molecule has 1 aromatic heterocycles. The first kappa shape index (κ1) is 14.1. The fraction of sp³-hybridized carbons (Fsp3) is 0.714. The van der Waals surface area contributed by atoms with E-state index in [2.05, 4.69) is 46.5 Å². The molecule has 2 atom stereocenters. The summed E-state index contributed by atoms with van der Waals surface area (Å²) in [4.78, 5) is 8.98. The molecule has 5 heteroatoms. The summed E-state index contributed by atoms with van der Waals surface area (Å²) < 4.78 is 0. The lowest BCUT2D eigenvalue weighted by Crippen LogP contribution is -2.47. The molecule has 2 N–H and O–H groups in total. The highest BCUT2D eigenvalue weighted by atomic mass is 15.5. The number of hydrazine groups is 1. The number of rotatable bonds is 4. The smallest absolute Gasteiger partial charge is 0.146 e. The highest BCUT2D eigenvalue weighted by Gasteiger charge is 2.25. The van der Waals surface area contributed by atoms with Gasteiger partial charge >= 0.3 is 0 Å². The minimum atomic E-state index is 0.543. The molecule has 106 valence electrons. The Balaban J connectivity index is 2.17. The summed E-state index contributed by atoms with van der Waals surface area (Å²) in [6.07, 6.45) is 4.63. The van der Waals surface area contributed by atoms with Crippen LogP contribution in [0.25, 0.3) is 0 Å². The Bertz CT molecular complexity index is 388. The van der Waals surface area contributed by atoms with Crippen LogP contribution in [0.5, 0.6) is 0 Å². The third kappa shape index (κ3) is 3.35. The first-order valence-corrected chi connectivity index (χ1v) is 7.24. The van der Waals surface area contributed by atoms with Crippen LogP contribution in [0.2, 0.25) is 0 Å². The van der Waals surface area contributed by atoms with Crippen molar-refractivity contribution in [2.24, 2.45) is 0 Å². The van der Waals surface area contributed by atoms with Gasteiger partial charge in [0, 0.05) is 31.6 Å². The molecule has 1 aliphatic heterocycles. The predicted molar refractivity (Wildman–Crippen MR) is 79.2 cm³/mol. The highest BCUT2D eigenvalue weighted by Crippen LogP contribution is 2.23. The Morgan fingerprint density at radius 3 is 2.42 bits per heavy atom. The van der Waals surface area contributed by atoms with Gasteiger partial charge in [-0.05, 0) is 26.7 Å². The minimum Gasteiger partial charge on any atom is -0.373 e. The SMILES string of the molecule is CCc1nc(NC)cc(NN2C(C)CCCC2C)n1. The van der Waals surface area contributed by atoms with Crippen LogP contribution in [0.4, 0.5) is 11.6 Å². The second-order valence-electron chi connectivity index (χ2n) is 5.31. The second-order valence-corrected chi connectivity index (χ2v) is 5.31. The largest absolute Gasteiger partial charge is 0.373 e. The van der Waals surface area contributed by atoms with Crippen LogP contribution in [0.15, 0.2) is 6.07 Å². The number of nitrogens with zero attached hydrogens (tertiary/aromatic N) is 3. The maximum absolute atomic E-state index is 4.56. The summed E-state index contributed by atoms with van der Waals surface area (Å²) in [6, 6.07) is 3.05. The van der Waals surface area contributed by atoms with Crippen LogP contribution in [0, 0.1) is 0 Å². The van der Waals surface area contributed by atoms with Crippen LogP contribution in [-0.2, 0) is 6.42 Å². The molecule has 0 saturated carbocycles. The summed E-state index contributed by atoms with van der Waals surface area (Å²) in [5, 5.41) is 5.42. The molecule has 0 amide bonds. The van der Waals surface area contributed by atoms with Crippen molar-refractivity contribution in [2.75, 3.05) is 17.8 Å². The van der Waals surface area contributed by atoms with Gasteiger partial charge in [0.05, 0.1) is 0 Å². The number of hydrogen-bond donors (Lipinski definition) is 2. The van der Waals surface area contributed by atoms with Crippen molar-refractivity contribution in [1.29, 1.82) is 0 Å². The van der Waals surface area contributed by atoms with Crippen molar-refractivity contribution in [3.63, 3.8) is 0 Å². The lowest BCUT2D eigenvalue weighted by Gasteiger charge is -2.39. The van der Waals surface area contributed by atoms with E-state index >= 15 is 0 Å². The quantitative estimate of drug-likeness (QED) is 0.874. The van der Waals surface area contributed by atoms with Crippen LogP contribution in [0.1, 0.15) is 45.9 Å². The molecular weight excluding hydrogens is 238 g/mol. The first-order chi connectivity index (χ1) is 9.13. The third-order valence-corrected chi connectivity index (χ3v) is 3.78. The molecule has 2 rings (SSSR count). The Kier molecular flexibility index (Phi) is 4.58. The van der Waals surface area contributed by atoms with E-state index in [0.29, 0.717) is 12.1 Å². The van der Waals surface area contributed by atoms with Gasteiger partial charge in [-0.1, -0.05) is 13.3 Å². The van der Waals surface area contributed by atoms with E-state index in [4.69, 9.17) is 0 Å². The van der Waals surface area contributed by atoms with Gasteiger partial charge in [0.15, 0.2) is 0 Å². The van der Waals surface area contributed by atoms with Crippen molar-refractivity contribution < 1.29 is 0 Å². The van der Waals surface area contributed by atoms with Crippen molar-refractivity contribution >= 4 is 11.6 Å². The summed E-state index contributed by atoms with van der Waals surface area (Å²) in [7, 11) is 1.89. The molecule has 1 aromatic rings. The van der Waals surface area contributed by atoms with Crippen molar-refractivity contribution in [1.82, 2.24) is 15.0 Å².